The second kappa shape index (κ2) is 13.1. The van der Waals surface area contributed by atoms with Gasteiger partial charge < -0.3 is 24.1 Å². The van der Waals surface area contributed by atoms with Crippen LogP contribution in [0.5, 0.6) is 17.2 Å². The highest BCUT2D eigenvalue weighted by Gasteiger charge is 2.35. The number of hydrogen-bond donors (Lipinski definition) is 1. The van der Waals surface area contributed by atoms with Crippen LogP contribution in [0.4, 0.5) is 0 Å². The first-order chi connectivity index (χ1) is 20.4. The minimum absolute atomic E-state index is 0.0791. The highest BCUT2D eigenvalue weighted by Crippen LogP contribution is 2.42. The summed E-state index contributed by atoms with van der Waals surface area (Å²) in [5.41, 5.74) is 2.46. The number of thioether (sulfide) groups is 1. The summed E-state index contributed by atoms with van der Waals surface area (Å²) in [4.78, 5) is 26.6. The van der Waals surface area contributed by atoms with Gasteiger partial charge in [0.25, 0.3) is 11.8 Å². The van der Waals surface area contributed by atoms with Crippen molar-refractivity contribution in [3.05, 3.63) is 81.8 Å². The van der Waals surface area contributed by atoms with Crippen LogP contribution in [0.25, 0.3) is 0 Å². The lowest BCUT2D eigenvalue weighted by atomic mass is 9.97. The lowest BCUT2D eigenvalue weighted by Gasteiger charge is -2.24. The molecule has 3 heterocycles. The fourth-order valence-corrected chi connectivity index (χ4v) is 6.01. The first kappa shape index (κ1) is 29.1. The van der Waals surface area contributed by atoms with E-state index >= 15 is 0 Å². The molecule has 1 aliphatic rings. The van der Waals surface area contributed by atoms with Gasteiger partial charge in [-0.15, -0.1) is 21.5 Å². The van der Waals surface area contributed by atoms with Gasteiger partial charge in [-0.2, -0.15) is 5.10 Å². The number of rotatable bonds is 11. The predicted octanol–water partition coefficient (Wildman–Crippen LogP) is 4.30. The standard InChI is InChI=1S/C29H30N6O5S2/c1-34-25(16-30-28(37)24-9-6-14-41-24)31-32-29(34)42-17-26(36)35-22(20-7-5-8-23(39-3)27(20)40-4)15-21(33-35)18-10-12-19(38-2)13-11-18/h5-14,22H,15-17H2,1-4H3,(H,30,37)/t22-/m0/s1. The Morgan fingerprint density at radius 2 is 1.83 bits per heavy atom. The van der Waals surface area contributed by atoms with Gasteiger partial charge >= 0.3 is 0 Å². The molecule has 0 saturated carbocycles. The summed E-state index contributed by atoms with van der Waals surface area (Å²) in [6, 6.07) is 16.4. The van der Waals surface area contributed by atoms with Crippen LogP contribution in [-0.4, -0.2) is 64.4 Å². The van der Waals surface area contributed by atoms with Crippen LogP contribution >= 0.6 is 23.1 Å². The number of hydrogen-bond acceptors (Lipinski definition) is 10. The van der Waals surface area contributed by atoms with Crippen molar-refractivity contribution < 1.29 is 23.8 Å². The topological polar surface area (TPSA) is 120 Å². The van der Waals surface area contributed by atoms with Gasteiger partial charge in [0.05, 0.1) is 50.3 Å². The van der Waals surface area contributed by atoms with Crippen molar-refractivity contribution in [2.24, 2.45) is 12.1 Å². The average molecular weight is 607 g/mol. The fourth-order valence-electron chi connectivity index (χ4n) is 4.59. The molecule has 0 radical (unpaired) electrons. The second-order valence-electron chi connectivity index (χ2n) is 9.22. The van der Waals surface area contributed by atoms with Crippen molar-refractivity contribution in [2.75, 3.05) is 27.1 Å². The van der Waals surface area contributed by atoms with Crippen molar-refractivity contribution >= 4 is 40.6 Å². The summed E-state index contributed by atoms with van der Waals surface area (Å²) in [6.45, 7) is 0.216. The Labute approximate surface area is 251 Å². The smallest absolute Gasteiger partial charge is 0.261 e. The molecule has 1 atom stereocenters. The highest BCUT2D eigenvalue weighted by atomic mass is 32.2. The maximum absolute atomic E-state index is 13.7. The molecule has 2 amide bonds. The van der Waals surface area contributed by atoms with Crippen molar-refractivity contribution in [1.29, 1.82) is 0 Å². The highest BCUT2D eigenvalue weighted by molar-refractivity contribution is 7.99. The van der Waals surface area contributed by atoms with Crippen molar-refractivity contribution in [2.45, 2.75) is 24.2 Å². The number of nitrogens with one attached hydrogen (secondary N) is 1. The summed E-state index contributed by atoms with van der Waals surface area (Å²) in [7, 11) is 6.58. The maximum Gasteiger partial charge on any atom is 0.261 e. The van der Waals surface area contributed by atoms with Crippen LogP contribution in [0.3, 0.4) is 0 Å². The summed E-state index contributed by atoms with van der Waals surface area (Å²) in [6.07, 6.45) is 0.490. The van der Waals surface area contributed by atoms with Crippen LogP contribution in [0.2, 0.25) is 0 Å². The number of aromatic nitrogens is 3. The lowest BCUT2D eigenvalue weighted by Crippen LogP contribution is -2.29. The van der Waals surface area contributed by atoms with E-state index in [1.165, 1.54) is 28.1 Å². The number of carbonyl (C=O) groups is 2. The van der Waals surface area contributed by atoms with Crippen LogP contribution in [-0.2, 0) is 18.4 Å². The normalized spacial score (nSPS) is 14.4. The van der Waals surface area contributed by atoms with E-state index in [2.05, 4.69) is 15.5 Å². The minimum Gasteiger partial charge on any atom is -0.497 e. The molecule has 1 aliphatic heterocycles. The quantitative estimate of drug-likeness (QED) is 0.251. The molecule has 218 valence electrons. The van der Waals surface area contributed by atoms with Gasteiger partial charge in [0.15, 0.2) is 22.5 Å². The van der Waals surface area contributed by atoms with Crippen molar-refractivity contribution in [3.63, 3.8) is 0 Å². The van der Waals surface area contributed by atoms with Gasteiger partial charge in [-0.3, -0.25) is 9.59 Å². The molecule has 13 heteroatoms. The molecule has 0 spiro atoms. The number of carbonyl (C=O) groups excluding carboxylic acids is 2. The van der Waals surface area contributed by atoms with E-state index in [4.69, 9.17) is 19.3 Å². The zero-order valence-electron chi connectivity index (χ0n) is 23.6. The predicted molar refractivity (Wildman–Crippen MR) is 160 cm³/mol. The second-order valence-corrected chi connectivity index (χ2v) is 11.1. The monoisotopic (exact) mass is 606 g/mol. The van der Waals surface area contributed by atoms with Gasteiger partial charge in [-0.25, -0.2) is 5.01 Å². The van der Waals surface area contributed by atoms with E-state index in [-0.39, 0.29) is 24.1 Å². The molecule has 4 aromatic rings. The van der Waals surface area contributed by atoms with Crippen LogP contribution in [0.15, 0.2) is 70.2 Å². The van der Waals surface area contributed by atoms with E-state index in [9.17, 15) is 9.59 Å². The molecule has 0 saturated heterocycles. The number of amides is 2. The largest absolute Gasteiger partial charge is 0.497 e. The van der Waals surface area contributed by atoms with Crippen LogP contribution < -0.4 is 19.5 Å². The molecule has 5 rings (SSSR count). The Hall–Kier alpha value is -4.36. The number of para-hydroxylation sites is 1. The Kier molecular flexibility index (Phi) is 9.08. The van der Waals surface area contributed by atoms with E-state index in [1.54, 1.807) is 39.0 Å². The molecule has 0 fully saturated rings. The van der Waals surface area contributed by atoms with Gasteiger partial charge in [0.1, 0.15) is 5.75 Å². The molecule has 11 nitrogen and oxygen atoms in total. The number of methoxy groups -OCH3 is 3. The zero-order chi connectivity index (χ0) is 29.6. The number of hydrazone groups is 1. The molecule has 0 unspecified atom stereocenters. The van der Waals surface area contributed by atoms with Crippen molar-refractivity contribution in [3.8, 4) is 17.2 Å². The zero-order valence-corrected chi connectivity index (χ0v) is 25.2. The Morgan fingerprint density at radius 1 is 1.02 bits per heavy atom. The Bertz CT molecular complexity index is 1590. The van der Waals surface area contributed by atoms with Gasteiger partial charge in [0, 0.05) is 19.0 Å². The summed E-state index contributed by atoms with van der Waals surface area (Å²) in [5, 5.41) is 20.0. The van der Waals surface area contributed by atoms with Gasteiger partial charge in [-0.1, -0.05) is 30.0 Å². The van der Waals surface area contributed by atoms with Crippen molar-refractivity contribution in [1.82, 2.24) is 25.1 Å². The van der Waals surface area contributed by atoms with E-state index in [0.717, 1.165) is 22.6 Å². The molecular formula is C29H30N6O5S2. The molecular weight excluding hydrogens is 576 g/mol. The van der Waals surface area contributed by atoms with E-state index in [1.807, 2.05) is 53.9 Å². The SMILES string of the molecule is COc1ccc(C2=NN(C(=O)CSc3nnc(CNC(=O)c4cccs4)n3C)[C@H](c3cccc(OC)c3OC)C2)cc1. The summed E-state index contributed by atoms with van der Waals surface area (Å²) in [5.74, 6) is 2.16. The number of ether oxygens (including phenoxy) is 3. The summed E-state index contributed by atoms with van der Waals surface area (Å²) < 4.78 is 18.3. The molecule has 0 aliphatic carbocycles. The number of nitrogens with zero attached hydrogens (tertiary/aromatic N) is 5. The molecule has 42 heavy (non-hydrogen) atoms. The number of benzene rings is 2. The molecule has 2 aromatic carbocycles. The average Bonchev–Trinajstić information content (AvgIpc) is 3.79. The van der Waals surface area contributed by atoms with Gasteiger partial charge in [0.2, 0.25) is 0 Å². The Balaban J connectivity index is 1.34. The first-order valence-electron chi connectivity index (χ1n) is 13.0. The minimum atomic E-state index is -0.400. The Morgan fingerprint density at radius 3 is 2.52 bits per heavy atom. The van der Waals surface area contributed by atoms with Gasteiger partial charge in [-0.05, 0) is 47.3 Å². The number of thiophene rings is 1. The first-order valence-corrected chi connectivity index (χ1v) is 14.9. The molecule has 2 aromatic heterocycles. The van der Waals surface area contributed by atoms with Crippen LogP contribution in [0, 0.1) is 0 Å². The van der Waals surface area contributed by atoms with E-state index < -0.39 is 6.04 Å². The summed E-state index contributed by atoms with van der Waals surface area (Å²) >= 11 is 2.63. The molecule has 1 N–H and O–H groups in total. The maximum atomic E-state index is 13.7. The molecule has 0 bridgehead atoms. The third-order valence-corrected chi connectivity index (χ3v) is 8.66. The fraction of sp³-hybridized carbons (Fsp3) is 0.276. The third kappa shape index (κ3) is 6.11. The third-order valence-electron chi connectivity index (χ3n) is 6.78. The van der Waals surface area contributed by atoms with Crippen LogP contribution in [0.1, 0.15) is 39.1 Å². The lowest BCUT2D eigenvalue weighted by molar-refractivity contribution is -0.130. The van der Waals surface area contributed by atoms with E-state index in [0.29, 0.717) is 33.8 Å².